The fraction of sp³-hybridized carbons (Fsp3) is 0.571. The summed E-state index contributed by atoms with van der Waals surface area (Å²) in [5.74, 6) is -1.90. The van der Waals surface area contributed by atoms with Gasteiger partial charge in [-0.1, -0.05) is 32.9 Å². The van der Waals surface area contributed by atoms with E-state index in [0.29, 0.717) is 16.8 Å². The number of nitrogens with zero attached hydrogens (tertiary/aromatic N) is 4. The third kappa shape index (κ3) is 7.69. The minimum absolute atomic E-state index is 0.0406. The average Bonchev–Trinajstić information content (AvgIpc) is 3.66. The van der Waals surface area contributed by atoms with Crippen LogP contribution in [0.25, 0.3) is 5.52 Å². The molecule has 0 radical (unpaired) electrons. The van der Waals surface area contributed by atoms with E-state index in [2.05, 4.69) is 60.7 Å². The summed E-state index contributed by atoms with van der Waals surface area (Å²) in [6.07, 6.45) is -1.55. The number of hydrogen-bond donors (Lipinski definition) is 2. The highest BCUT2D eigenvalue weighted by molar-refractivity contribution is 6.74. The van der Waals surface area contributed by atoms with Crippen LogP contribution >= 0.6 is 0 Å². The monoisotopic (exact) mass is 710 g/mol. The SMILES string of the molecule is CC(C)(C)OC(=O)N[C@@H](Cc1ccc(F)cc1)C(=O)Nc1ncnn2c([C@]3(C#N)O[C@H](CO[Si](C)(C)C(C)(C)C)[C@H]4OC(C)(C)O[C@H]43)ccc12. The van der Waals surface area contributed by atoms with Gasteiger partial charge in [-0.2, -0.15) is 10.4 Å². The van der Waals surface area contributed by atoms with E-state index in [0.717, 1.165) is 0 Å². The Bertz CT molecular complexity index is 1780. The van der Waals surface area contributed by atoms with Crippen molar-refractivity contribution in [3.63, 3.8) is 0 Å². The minimum Gasteiger partial charge on any atom is -0.444 e. The number of hydrogen-bond acceptors (Lipinski definition) is 10. The van der Waals surface area contributed by atoms with Crippen molar-refractivity contribution in [3.05, 3.63) is 59.8 Å². The molecule has 15 heteroatoms. The highest BCUT2D eigenvalue weighted by Gasteiger charge is 2.65. The van der Waals surface area contributed by atoms with Gasteiger partial charge in [0.05, 0.1) is 12.3 Å². The van der Waals surface area contributed by atoms with Gasteiger partial charge >= 0.3 is 6.09 Å². The number of aromatic nitrogens is 3. The fourth-order valence-corrected chi connectivity index (χ4v) is 6.78. The molecule has 2 aromatic heterocycles. The van der Waals surface area contributed by atoms with Gasteiger partial charge in [0, 0.05) is 6.42 Å². The van der Waals surface area contributed by atoms with Crippen molar-refractivity contribution in [2.24, 2.45) is 0 Å². The standard InChI is InChI=1S/C35H47FN6O7Si/c1-32(2,3)49-31(44)40-23(17-21-11-13-22(36)14-12-21)30(43)41-29-24-15-16-26(42(24)39-20-38-29)35(19-37)28-27(47-34(7,8)48-28)25(46-35)18-45-50(9,10)33(4,5)6/h11-16,20,23,25,27-28H,17-18H2,1-10H3,(H,40,44)(H,38,39,41,43)/t23-,25+,27+,28+,35-/m0/s1. The van der Waals surface area contributed by atoms with Crippen molar-refractivity contribution in [1.29, 1.82) is 5.26 Å². The summed E-state index contributed by atoms with van der Waals surface area (Å²) in [6.45, 7) is 19.7. The summed E-state index contributed by atoms with van der Waals surface area (Å²) in [5.41, 5.74) is -1.13. The van der Waals surface area contributed by atoms with Gasteiger partial charge in [-0.25, -0.2) is 18.7 Å². The molecule has 5 atom stereocenters. The first-order valence-corrected chi connectivity index (χ1v) is 19.5. The molecular formula is C35H47FN6O7Si. The number of halogens is 1. The predicted octanol–water partition coefficient (Wildman–Crippen LogP) is 5.60. The number of carbonyl (C=O) groups is 2. The van der Waals surface area contributed by atoms with E-state index in [1.54, 1.807) is 46.8 Å². The molecule has 2 fully saturated rings. The summed E-state index contributed by atoms with van der Waals surface area (Å²) < 4.78 is 46.2. The van der Waals surface area contributed by atoms with Gasteiger partial charge in [-0.15, -0.1) is 0 Å². The van der Waals surface area contributed by atoms with Crippen LogP contribution in [0.3, 0.4) is 0 Å². The number of nitrogens with one attached hydrogen (secondary N) is 2. The molecule has 0 bridgehead atoms. The number of ether oxygens (including phenoxy) is 4. The molecule has 2 saturated heterocycles. The summed E-state index contributed by atoms with van der Waals surface area (Å²) in [5, 5.41) is 20.6. The lowest BCUT2D eigenvalue weighted by atomic mass is 9.92. The van der Waals surface area contributed by atoms with Crippen molar-refractivity contribution in [2.45, 2.75) is 121 Å². The Balaban J connectivity index is 1.45. The van der Waals surface area contributed by atoms with Gasteiger partial charge in [-0.3, -0.25) is 4.79 Å². The quantitative estimate of drug-likeness (QED) is 0.268. The molecule has 270 valence electrons. The first-order valence-electron chi connectivity index (χ1n) is 16.6. The second-order valence-electron chi connectivity index (χ2n) is 15.7. The lowest BCUT2D eigenvalue weighted by Gasteiger charge is -2.37. The van der Waals surface area contributed by atoms with Crippen molar-refractivity contribution < 1.29 is 37.4 Å². The Kier molecular flexibility index (Phi) is 9.93. The van der Waals surface area contributed by atoms with Crippen molar-refractivity contribution in [1.82, 2.24) is 19.9 Å². The molecule has 1 aromatic carbocycles. The van der Waals surface area contributed by atoms with Gasteiger partial charge in [0.15, 0.2) is 19.9 Å². The molecule has 2 N–H and O–H groups in total. The van der Waals surface area contributed by atoms with E-state index in [-0.39, 0.29) is 23.9 Å². The lowest BCUT2D eigenvalue weighted by molar-refractivity contribution is -0.204. The maximum absolute atomic E-state index is 13.7. The number of anilines is 1. The van der Waals surface area contributed by atoms with Gasteiger partial charge in [0.1, 0.15) is 53.7 Å². The van der Waals surface area contributed by atoms with Crippen LogP contribution in [-0.2, 0) is 40.2 Å². The maximum atomic E-state index is 13.7. The van der Waals surface area contributed by atoms with Crippen LogP contribution in [0.15, 0.2) is 42.7 Å². The van der Waals surface area contributed by atoms with Crippen molar-refractivity contribution in [3.8, 4) is 6.07 Å². The van der Waals surface area contributed by atoms with Crippen LogP contribution in [0.2, 0.25) is 18.1 Å². The van der Waals surface area contributed by atoms with Crippen LogP contribution in [0.5, 0.6) is 0 Å². The number of amides is 2. The Labute approximate surface area is 292 Å². The molecule has 3 aromatic rings. The molecule has 0 spiro atoms. The van der Waals surface area contributed by atoms with Crippen LogP contribution in [-0.4, -0.2) is 77.3 Å². The van der Waals surface area contributed by atoms with E-state index in [1.165, 1.54) is 35.1 Å². The van der Waals surface area contributed by atoms with Crippen molar-refractivity contribution in [2.75, 3.05) is 11.9 Å². The van der Waals surface area contributed by atoms with Gasteiger partial charge in [-0.05, 0) is 82.6 Å². The predicted molar refractivity (Wildman–Crippen MR) is 184 cm³/mol. The second-order valence-corrected chi connectivity index (χ2v) is 20.5. The minimum atomic E-state index is -2.18. The van der Waals surface area contributed by atoms with Crippen LogP contribution < -0.4 is 10.6 Å². The zero-order chi connectivity index (χ0) is 36.9. The van der Waals surface area contributed by atoms with Crippen molar-refractivity contribution >= 4 is 31.7 Å². The van der Waals surface area contributed by atoms with Gasteiger partial charge in [0.2, 0.25) is 11.5 Å². The topological polar surface area (TPSA) is 158 Å². The van der Waals surface area contributed by atoms with E-state index in [9.17, 15) is 19.2 Å². The molecule has 50 heavy (non-hydrogen) atoms. The summed E-state index contributed by atoms with van der Waals surface area (Å²) in [4.78, 5) is 30.8. The first-order chi connectivity index (χ1) is 23.1. The van der Waals surface area contributed by atoms with E-state index >= 15 is 0 Å². The second kappa shape index (κ2) is 13.3. The molecule has 2 amide bonds. The van der Waals surface area contributed by atoms with Gasteiger partial charge < -0.3 is 34.0 Å². The first kappa shape index (κ1) is 37.3. The number of nitriles is 1. The van der Waals surface area contributed by atoms with Crippen LogP contribution in [0.4, 0.5) is 15.0 Å². The molecule has 0 saturated carbocycles. The molecular weight excluding hydrogens is 664 g/mol. The number of alkyl carbamates (subject to hydrolysis) is 1. The third-order valence-electron chi connectivity index (χ3n) is 9.25. The Hall–Kier alpha value is -3.94. The van der Waals surface area contributed by atoms with E-state index in [1.807, 2.05) is 0 Å². The Morgan fingerprint density at radius 3 is 2.38 bits per heavy atom. The Morgan fingerprint density at radius 1 is 1.08 bits per heavy atom. The van der Waals surface area contributed by atoms with Crippen LogP contribution in [0.1, 0.15) is 66.6 Å². The summed E-state index contributed by atoms with van der Waals surface area (Å²) in [7, 11) is -2.18. The normalized spacial score (nSPS) is 24.0. The molecule has 2 aliphatic heterocycles. The largest absolute Gasteiger partial charge is 0.444 e. The fourth-order valence-electron chi connectivity index (χ4n) is 5.77. The number of rotatable bonds is 9. The highest BCUT2D eigenvalue weighted by atomic mass is 28.4. The van der Waals surface area contributed by atoms with Crippen LogP contribution in [0, 0.1) is 17.1 Å². The summed E-state index contributed by atoms with van der Waals surface area (Å²) >= 11 is 0. The third-order valence-corrected chi connectivity index (χ3v) is 13.7. The molecule has 5 rings (SSSR count). The molecule has 2 aliphatic rings. The maximum Gasteiger partial charge on any atom is 0.408 e. The summed E-state index contributed by atoms with van der Waals surface area (Å²) in [6, 6.07) is 10.2. The zero-order valence-electron chi connectivity index (χ0n) is 30.3. The lowest BCUT2D eigenvalue weighted by Crippen LogP contribution is -2.47. The highest BCUT2D eigenvalue weighted by Crippen LogP contribution is 2.50. The van der Waals surface area contributed by atoms with E-state index in [4.69, 9.17) is 23.4 Å². The number of benzene rings is 1. The number of carbonyl (C=O) groups excluding carboxylic acids is 2. The molecule has 0 unspecified atom stereocenters. The van der Waals surface area contributed by atoms with E-state index < -0.39 is 67.5 Å². The van der Waals surface area contributed by atoms with Gasteiger partial charge in [0.25, 0.3) is 0 Å². The molecule has 0 aliphatic carbocycles. The number of fused-ring (bicyclic) bond motifs is 2. The molecule has 13 nitrogen and oxygen atoms in total. The Morgan fingerprint density at radius 2 is 1.76 bits per heavy atom. The zero-order valence-corrected chi connectivity index (χ0v) is 31.3. The molecule has 4 heterocycles. The average molecular weight is 711 g/mol. The smallest absolute Gasteiger partial charge is 0.408 e.